The number of hydrogen-bond acceptors (Lipinski definition) is 5. The predicted molar refractivity (Wildman–Crippen MR) is 77.6 cm³/mol. The summed E-state index contributed by atoms with van der Waals surface area (Å²) in [6.07, 6.45) is 0. The molecule has 1 aromatic carbocycles. The molecule has 20 heavy (non-hydrogen) atoms. The molecule has 0 aliphatic heterocycles. The van der Waals surface area contributed by atoms with E-state index in [1.54, 1.807) is 19.1 Å². The highest BCUT2D eigenvalue weighted by Crippen LogP contribution is 2.22. The fourth-order valence-electron chi connectivity index (χ4n) is 1.48. The Labute approximate surface area is 127 Å². The highest BCUT2D eigenvalue weighted by atomic mass is 79.9. The number of halogens is 1. The Morgan fingerprint density at radius 2 is 2.00 bits per heavy atom. The number of carboxylic acids is 1. The van der Waals surface area contributed by atoms with Crippen LogP contribution in [0.2, 0.25) is 0 Å². The van der Waals surface area contributed by atoms with Gasteiger partial charge in [-0.1, -0.05) is 15.9 Å². The van der Waals surface area contributed by atoms with Crippen LogP contribution >= 0.6 is 27.3 Å². The largest absolute Gasteiger partial charge is 0.543 e. The summed E-state index contributed by atoms with van der Waals surface area (Å²) >= 11 is 4.44. The molecular weight excluding hydrogens is 344 g/mol. The van der Waals surface area contributed by atoms with Gasteiger partial charge < -0.3 is 15.2 Å². The molecule has 2 rings (SSSR count). The van der Waals surface area contributed by atoms with Gasteiger partial charge in [0.15, 0.2) is 0 Å². The molecule has 1 N–H and O–H groups in total. The molecule has 104 valence electrons. The monoisotopic (exact) mass is 353 g/mol. The number of benzene rings is 1. The highest BCUT2D eigenvalue weighted by Gasteiger charge is 2.19. The quantitative estimate of drug-likeness (QED) is 0.911. The number of amides is 1. The Morgan fingerprint density at radius 1 is 1.35 bits per heavy atom. The van der Waals surface area contributed by atoms with Crippen molar-refractivity contribution < 1.29 is 14.7 Å². The van der Waals surface area contributed by atoms with Gasteiger partial charge in [-0.25, -0.2) is 4.98 Å². The van der Waals surface area contributed by atoms with Crippen LogP contribution in [-0.4, -0.2) is 16.9 Å². The number of aromatic nitrogens is 1. The van der Waals surface area contributed by atoms with Gasteiger partial charge in [-0.05, 0) is 31.2 Å². The van der Waals surface area contributed by atoms with Gasteiger partial charge >= 0.3 is 0 Å². The van der Waals surface area contributed by atoms with Crippen molar-refractivity contribution >= 4 is 44.8 Å². The van der Waals surface area contributed by atoms with Crippen LogP contribution in [0.1, 0.15) is 28.3 Å². The van der Waals surface area contributed by atoms with Crippen molar-refractivity contribution in [3.05, 3.63) is 44.8 Å². The Bertz CT molecular complexity index is 639. The van der Waals surface area contributed by atoms with Crippen LogP contribution in [0.15, 0.2) is 34.1 Å². The predicted octanol–water partition coefficient (Wildman–Crippen LogP) is 2.01. The van der Waals surface area contributed by atoms with Crippen LogP contribution in [0, 0.1) is 0 Å². The summed E-state index contributed by atoms with van der Waals surface area (Å²) < 4.78 is 0.919. The van der Waals surface area contributed by atoms with E-state index in [1.807, 2.05) is 12.1 Å². The number of hydrogen-bond donors (Lipinski definition) is 1. The first-order valence-electron chi connectivity index (χ1n) is 5.70. The highest BCUT2D eigenvalue weighted by molar-refractivity contribution is 9.10. The van der Waals surface area contributed by atoms with Gasteiger partial charge in [0.2, 0.25) is 5.91 Å². The van der Waals surface area contributed by atoms with Crippen LogP contribution in [0.25, 0.3) is 0 Å². The number of nitrogens with one attached hydrogen (secondary N) is 1. The van der Waals surface area contributed by atoms with Gasteiger partial charge in [0, 0.05) is 15.5 Å². The Kier molecular flexibility index (Phi) is 4.51. The van der Waals surface area contributed by atoms with E-state index >= 15 is 0 Å². The van der Waals surface area contributed by atoms with E-state index < -0.39 is 11.9 Å². The molecule has 1 atom stereocenters. The van der Waals surface area contributed by atoms with Crippen LogP contribution in [0.4, 0.5) is 5.69 Å². The Balaban J connectivity index is 2.07. The zero-order valence-electron chi connectivity index (χ0n) is 10.4. The molecule has 0 radical (unpaired) electrons. The first kappa shape index (κ1) is 14.7. The lowest BCUT2D eigenvalue weighted by atomic mass is 10.1. The molecule has 0 saturated carbocycles. The molecule has 2 aromatic rings. The van der Waals surface area contributed by atoms with Gasteiger partial charge in [-0.15, -0.1) is 11.3 Å². The summed E-state index contributed by atoms with van der Waals surface area (Å²) in [4.78, 5) is 26.6. The third kappa shape index (κ3) is 3.43. The number of rotatable bonds is 4. The van der Waals surface area contributed by atoms with E-state index in [0.29, 0.717) is 10.7 Å². The Hall–Kier alpha value is -1.73. The fourth-order valence-corrected chi connectivity index (χ4v) is 2.58. The average molecular weight is 354 g/mol. The number of carboxylic acid groups (broad SMARTS) is 1. The van der Waals surface area contributed by atoms with Gasteiger partial charge in [-0.3, -0.25) is 4.79 Å². The normalized spacial score (nSPS) is 11.9. The third-order valence-corrected chi connectivity index (χ3v) is 4.16. The molecule has 0 saturated heterocycles. The molecule has 0 aliphatic carbocycles. The van der Waals surface area contributed by atoms with E-state index in [0.717, 1.165) is 15.8 Å². The maximum Gasteiger partial charge on any atom is 0.234 e. The van der Waals surface area contributed by atoms with Gasteiger partial charge in [-0.2, -0.15) is 0 Å². The number of aromatic carboxylic acids is 1. The lowest BCUT2D eigenvalue weighted by Crippen LogP contribution is -2.23. The number of nitrogens with zero attached hydrogens (tertiary/aromatic N) is 1. The summed E-state index contributed by atoms with van der Waals surface area (Å²) in [5.74, 6) is -2.11. The van der Waals surface area contributed by atoms with Crippen LogP contribution in [-0.2, 0) is 4.79 Å². The second kappa shape index (κ2) is 6.15. The lowest BCUT2D eigenvalue weighted by Gasteiger charge is -2.10. The third-order valence-electron chi connectivity index (χ3n) is 2.61. The van der Waals surface area contributed by atoms with E-state index in [2.05, 4.69) is 26.2 Å². The number of carbonyl (C=O) groups is 2. The maximum atomic E-state index is 12.1. The minimum absolute atomic E-state index is 0.145. The minimum Gasteiger partial charge on any atom is -0.543 e. The van der Waals surface area contributed by atoms with Crippen molar-refractivity contribution in [3.63, 3.8) is 0 Å². The molecule has 1 heterocycles. The topological polar surface area (TPSA) is 82.1 Å². The summed E-state index contributed by atoms with van der Waals surface area (Å²) in [7, 11) is 0. The molecule has 0 unspecified atom stereocenters. The standard InChI is InChI=1S/C13H11BrN2O3S/c1-7(12-16-10(6-20-12)13(18)19)11(17)15-9-4-2-8(14)3-5-9/h2-7H,1H3,(H,15,17)(H,18,19)/p-1/t7-/m0/s1. The number of thiazole rings is 1. The molecule has 1 aromatic heterocycles. The Morgan fingerprint density at radius 3 is 2.55 bits per heavy atom. The smallest absolute Gasteiger partial charge is 0.234 e. The number of anilines is 1. The second-order valence-corrected chi connectivity index (χ2v) is 5.88. The van der Waals surface area contributed by atoms with E-state index in [-0.39, 0.29) is 11.6 Å². The first-order chi connectivity index (χ1) is 9.47. The fraction of sp³-hybridized carbons (Fsp3) is 0.154. The van der Waals surface area contributed by atoms with Crippen molar-refractivity contribution in [1.82, 2.24) is 4.98 Å². The summed E-state index contributed by atoms with van der Waals surface area (Å²) in [5.41, 5.74) is 0.523. The van der Waals surface area contributed by atoms with Crippen molar-refractivity contribution in [2.75, 3.05) is 5.32 Å². The second-order valence-electron chi connectivity index (χ2n) is 4.08. The molecule has 0 spiro atoms. The molecule has 1 amide bonds. The summed E-state index contributed by atoms with van der Waals surface area (Å²) in [6, 6.07) is 7.17. The van der Waals surface area contributed by atoms with Crippen molar-refractivity contribution in [2.45, 2.75) is 12.8 Å². The van der Waals surface area contributed by atoms with E-state index in [1.165, 1.54) is 5.38 Å². The minimum atomic E-state index is -1.34. The molecule has 0 fully saturated rings. The average Bonchev–Trinajstić information content (AvgIpc) is 2.90. The molecular formula is C13H10BrN2O3S-. The molecule has 5 nitrogen and oxygen atoms in total. The SMILES string of the molecule is C[C@@H](C(=O)Nc1ccc(Br)cc1)c1nc(C(=O)[O-])cs1. The zero-order chi connectivity index (χ0) is 14.7. The van der Waals surface area contributed by atoms with Gasteiger partial charge in [0.1, 0.15) is 5.01 Å². The van der Waals surface area contributed by atoms with Gasteiger partial charge in [0.05, 0.1) is 17.6 Å². The van der Waals surface area contributed by atoms with Crippen molar-refractivity contribution in [1.29, 1.82) is 0 Å². The van der Waals surface area contributed by atoms with Crippen LogP contribution in [0.5, 0.6) is 0 Å². The molecule has 7 heteroatoms. The summed E-state index contributed by atoms with van der Waals surface area (Å²) in [5, 5.41) is 15.2. The zero-order valence-corrected chi connectivity index (χ0v) is 12.8. The summed E-state index contributed by atoms with van der Waals surface area (Å²) in [6.45, 7) is 1.67. The van der Waals surface area contributed by atoms with Crippen LogP contribution < -0.4 is 10.4 Å². The van der Waals surface area contributed by atoms with Crippen molar-refractivity contribution in [3.8, 4) is 0 Å². The van der Waals surface area contributed by atoms with Gasteiger partial charge in [0.25, 0.3) is 0 Å². The maximum absolute atomic E-state index is 12.1. The molecule has 0 aliphatic rings. The van der Waals surface area contributed by atoms with E-state index in [9.17, 15) is 14.7 Å². The van der Waals surface area contributed by atoms with Crippen LogP contribution in [0.3, 0.4) is 0 Å². The lowest BCUT2D eigenvalue weighted by molar-refractivity contribution is -0.255. The molecule has 0 bridgehead atoms. The number of carbonyl (C=O) groups excluding carboxylic acids is 2. The van der Waals surface area contributed by atoms with Crippen molar-refractivity contribution in [2.24, 2.45) is 0 Å². The first-order valence-corrected chi connectivity index (χ1v) is 7.38. The van der Waals surface area contributed by atoms with E-state index in [4.69, 9.17) is 0 Å².